The molecular formula is C16H30N2O2. The number of ether oxygens (including phenoxy) is 1. The minimum absolute atomic E-state index is 0.0337. The number of carbonyl (C=O) groups is 1. The van der Waals surface area contributed by atoms with Gasteiger partial charge in [-0.3, -0.25) is 4.79 Å². The highest BCUT2D eigenvalue weighted by molar-refractivity contribution is 5.80. The molecule has 4 heteroatoms. The third kappa shape index (κ3) is 3.17. The van der Waals surface area contributed by atoms with Gasteiger partial charge in [-0.05, 0) is 52.1 Å². The molecule has 1 amide bonds. The predicted molar refractivity (Wildman–Crippen MR) is 80.6 cm³/mol. The number of rotatable bonds is 4. The van der Waals surface area contributed by atoms with Gasteiger partial charge in [0.1, 0.15) is 0 Å². The Labute approximate surface area is 123 Å². The molecule has 2 saturated heterocycles. The Morgan fingerprint density at radius 3 is 2.35 bits per heavy atom. The molecule has 2 aliphatic heterocycles. The normalized spacial score (nSPS) is 35.2. The minimum atomic E-state index is 0.0337. The zero-order valence-electron chi connectivity index (χ0n) is 13.4. The van der Waals surface area contributed by atoms with Gasteiger partial charge in [0.2, 0.25) is 5.91 Å². The average Bonchev–Trinajstić information content (AvgIpc) is 2.70. The van der Waals surface area contributed by atoms with E-state index in [1.54, 1.807) is 0 Å². The highest BCUT2D eigenvalue weighted by atomic mass is 16.5. The summed E-state index contributed by atoms with van der Waals surface area (Å²) < 4.78 is 5.86. The SMILES string of the molecule is CCCN(C(=O)C1C(C)OC(C)C1C)C1CCNCC1. The zero-order valence-corrected chi connectivity index (χ0v) is 13.4. The first-order valence-corrected chi connectivity index (χ1v) is 8.22. The van der Waals surface area contributed by atoms with Gasteiger partial charge in [-0.1, -0.05) is 13.8 Å². The molecule has 0 bridgehead atoms. The predicted octanol–water partition coefficient (Wildman–Crippen LogP) is 2.04. The summed E-state index contributed by atoms with van der Waals surface area (Å²) in [6.45, 7) is 11.4. The van der Waals surface area contributed by atoms with Gasteiger partial charge in [0.25, 0.3) is 0 Å². The van der Waals surface area contributed by atoms with Crippen molar-refractivity contribution in [3.63, 3.8) is 0 Å². The van der Waals surface area contributed by atoms with Crippen molar-refractivity contribution in [3.05, 3.63) is 0 Å². The van der Waals surface area contributed by atoms with Crippen molar-refractivity contribution < 1.29 is 9.53 Å². The number of hydrogen-bond donors (Lipinski definition) is 1. The molecule has 2 rings (SSSR count). The summed E-state index contributed by atoms with van der Waals surface area (Å²) in [7, 11) is 0. The second kappa shape index (κ2) is 6.90. The molecule has 4 unspecified atom stereocenters. The monoisotopic (exact) mass is 282 g/mol. The number of piperidine rings is 1. The second-order valence-electron chi connectivity index (χ2n) is 6.44. The van der Waals surface area contributed by atoms with Crippen LogP contribution in [0.3, 0.4) is 0 Å². The third-order valence-electron chi connectivity index (χ3n) is 5.02. The summed E-state index contributed by atoms with van der Waals surface area (Å²) in [5, 5.41) is 3.38. The molecule has 0 aromatic heterocycles. The van der Waals surface area contributed by atoms with Crippen LogP contribution in [-0.4, -0.2) is 48.7 Å². The number of hydrogen-bond acceptors (Lipinski definition) is 3. The number of nitrogens with one attached hydrogen (secondary N) is 1. The summed E-state index contributed by atoms with van der Waals surface area (Å²) in [5.41, 5.74) is 0. The van der Waals surface area contributed by atoms with Crippen LogP contribution in [0.25, 0.3) is 0 Å². The first-order valence-electron chi connectivity index (χ1n) is 8.22. The molecule has 20 heavy (non-hydrogen) atoms. The maximum atomic E-state index is 13.0. The van der Waals surface area contributed by atoms with Crippen molar-refractivity contribution >= 4 is 5.91 Å². The van der Waals surface area contributed by atoms with E-state index in [4.69, 9.17) is 4.74 Å². The van der Waals surface area contributed by atoms with E-state index >= 15 is 0 Å². The minimum Gasteiger partial charge on any atom is -0.374 e. The van der Waals surface area contributed by atoms with Crippen LogP contribution in [-0.2, 0) is 9.53 Å². The van der Waals surface area contributed by atoms with Crippen LogP contribution in [0.2, 0.25) is 0 Å². The molecule has 0 spiro atoms. The summed E-state index contributed by atoms with van der Waals surface area (Å²) in [5.74, 6) is 0.674. The van der Waals surface area contributed by atoms with Crippen LogP contribution in [0.5, 0.6) is 0 Å². The fourth-order valence-electron chi connectivity index (χ4n) is 3.72. The quantitative estimate of drug-likeness (QED) is 0.858. The molecule has 4 atom stereocenters. The molecule has 116 valence electrons. The smallest absolute Gasteiger partial charge is 0.228 e. The van der Waals surface area contributed by atoms with Gasteiger partial charge in [0.05, 0.1) is 18.1 Å². The van der Waals surface area contributed by atoms with Crippen LogP contribution in [0, 0.1) is 11.8 Å². The van der Waals surface area contributed by atoms with E-state index in [-0.39, 0.29) is 18.1 Å². The Morgan fingerprint density at radius 2 is 1.85 bits per heavy atom. The van der Waals surface area contributed by atoms with Gasteiger partial charge in [0, 0.05) is 12.6 Å². The van der Waals surface area contributed by atoms with Gasteiger partial charge < -0.3 is 15.0 Å². The van der Waals surface area contributed by atoms with Crippen LogP contribution in [0.1, 0.15) is 47.0 Å². The first-order chi connectivity index (χ1) is 9.56. The van der Waals surface area contributed by atoms with Gasteiger partial charge in [-0.25, -0.2) is 0 Å². The van der Waals surface area contributed by atoms with Crippen LogP contribution >= 0.6 is 0 Å². The van der Waals surface area contributed by atoms with Crippen LogP contribution in [0.15, 0.2) is 0 Å². The summed E-state index contributed by atoms with van der Waals surface area (Å²) in [6, 6.07) is 0.416. The van der Waals surface area contributed by atoms with Crippen molar-refractivity contribution in [3.8, 4) is 0 Å². The fraction of sp³-hybridized carbons (Fsp3) is 0.938. The van der Waals surface area contributed by atoms with E-state index < -0.39 is 0 Å². The van der Waals surface area contributed by atoms with Gasteiger partial charge >= 0.3 is 0 Å². The maximum absolute atomic E-state index is 13.0. The highest BCUT2D eigenvalue weighted by Crippen LogP contribution is 2.34. The van der Waals surface area contributed by atoms with Gasteiger partial charge in [-0.2, -0.15) is 0 Å². The van der Waals surface area contributed by atoms with E-state index in [2.05, 4.69) is 37.9 Å². The second-order valence-corrected chi connectivity index (χ2v) is 6.44. The van der Waals surface area contributed by atoms with E-state index in [1.165, 1.54) is 0 Å². The van der Waals surface area contributed by atoms with Crippen molar-refractivity contribution in [2.24, 2.45) is 11.8 Å². The van der Waals surface area contributed by atoms with Crippen molar-refractivity contribution in [1.29, 1.82) is 0 Å². The van der Waals surface area contributed by atoms with Gasteiger partial charge in [-0.15, -0.1) is 0 Å². The van der Waals surface area contributed by atoms with E-state index in [0.29, 0.717) is 17.9 Å². The lowest BCUT2D eigenvalue weighted by molar-refractivity contribution is -0.141. The molecule has 4 nitrogen and oxygen atoms in total. The van der Waals surface area contributed by atoms with Crippen LogP contribution in [0.4, 0.5) is 0 Å². The van der Waals surface area contributed by atoms with Crippen molar-refractivity contribution in [2.45, 2.75) is 65.2 Å². The highest BCUT2D eigenvalue weighted by Gasteiger charge is 2.44. The Hall–Kier alpha value is -0.610. The van der Waals surface area contributed by atoms with E-state index in [1.807, 2.05) is 0 Å². The van der Waals surface area contributed by atoms with Crippen molar-refractivity contribution in [1.82, 2.24) is 10.2 Å². The molecule has 0 aromatic carbocycles. The Morgan fingerprint density at radius 1 is 1.20 bits per heavy atom. The topological polar surface area (TPSA) is 41.6 Å². The van der Waals surface area contributed by atoms with E-state index in [9.17, 15) is 4.79 Å². The van der Waals surface area contributed by atoms with Crippen LogP contribution < -0.4 is 5.32 Å². The average molecular weight is 282 g/mol. The zero-order chi connectivity index (χ0) is 14.7. The molecule has 1 N–H and O–H groups in total. The largest absolute Gasteiger partial charge is 0.374 e. The lowest BCUT2D eigenvalue weighted by Gasteiger charge is -2.37. The Bertz CT molecular complexity index is 328. The van der Waals surface area contributed by atoms with E-state index in [0.717, 1.165) is 38.9 Å². The molecular weight excluding hydrogens is 252 g/mol. The summed E-state index contributed by atoms with van der Waals surface area (Å²) >= 11 is 0. The fourth-order valence-corrected chi connectivity index (χ4v) is 3.72. The molecule has 0 radical (unpaired) electrons. The standard InChI is InChI=1S/C16H30N2O2/c1-5-10-18(14-6-8-17-9-7-14)16(19)15-11(2)12(3)20-13(15)4/h11-15,17H,5-10H2,1-4H3. The molecule has 0 saturated carbocycles. The number of carbonyl (C=O) groups excluding carboxylic acids is 1. The first kappa shape index (κ1) is 15.8. The number of nitrogens with zero attached hydrogens (tertiary/aromatic N) is 1. The summed E-state index contributed by atoms with van der Waals surface area (Å²) in [6.07, 6.45) is 3.43. The third-order valence-corrected chi connectivity index (χ3v) is 5.02. The number of amides is 1. The molecule has 2 fully saturated rings. The summed E-state index contributed by atoms with van der Waals surface area (Å²) in [4.78, 5) is 15.2. The molecule has 2 heterocycles. The molecule has 0 aromatic rings. The molecule has 2 aliphatic rings. The lowest BCUT2D eigenvalue weighted by Crippen LogP contribution is -2.50. The van der Waals surface area contributed by atoms with Crippen molar-refractivity contribution in [2.75, 3.05) is 19.6 Å². The Kier molecular flexibility index (Phi) is 5.44. The van der Waals surface area contributed by atoms with Gasteiger partial charge in [0.15, 0.2) is 0 Å². The maximum Gasteiger partial charge on any atom is 0.228 e. The lowest BCUT2D eigenvalue weighted by atomic mass is 9.87. The Balaban J connectivity index is 2.09. The molecule has 0 aliphatic carbocycles.